The Labute approximate surface area is 319 Å². The van der Waals surface area contributed by atoms with Crippen LogP contribution >= 0.6 is 0 Å². The van der Waals surface area contributed by atoms with Gasteiger partial charge in [-0.15, -0.1) is 0 Å². The predicted octanol–water partition coefficient (Wildman–Crippen LogP) is -2.26. The molecule has 0 heterocycles. The van der Waals surface area contributed by atoms with Crippen molar-refractivity contribution in [1.82, 2.24) is 31.9 Å². The molecule has 0 aliphatic carbocycles. The van der Waals surface area contributed by atoms with E-state index in [9.17, 15) is 43.5 Å². The highest BCUT2D eigenvalue weighted by atomic mass is 16.3. The van der Waals surface area contributed by atoms with Crippen molar-refractivity contribution in [2.24, 2.45) is 29.0 Å². The van der Waals surface area contributed by atoms with Crippen molar-refractivity contribution in [3.8, 4) is 5.75 Å². The van der Waals surface area contributed by atoms with E-state index in [4.69, 9.17) is 17.2 Å². The van der Waals surface area contributed by atoms with Crippen molar-refractivity contribution >= 4 is 47.3 Å². The van der Waals surface area contributed by atoms with E-state index in [-0.39, 0.29) is 18.6 Å². The molecular formula is C37H53N9O9. The van der Waals surface area contributed by atoms with Gasteiger partial charge in [0.2, 0.25) is 47.3 Å². The Morgan fingerprint density at radius 2 is 1.07 bits per heavy atom. The van der Waals surface area contributed by atoms with Crippen LogP contribution in [0.2, 0.25) is 0 Å². The number of nitrogens with two attached hydrogens (primary N) is 3. The zero-order valence-electron chi connectivity index (χ0n) is 31.6. The highest BCUT2D eigenvalue weighted by Gasteiger charge is 2.34. The summed E-state index contributed by atoms with van der Waals surface area (Å²) in [5, 5.41) is 24.5. The molecule has 55 heavy (non-hydrogen) atoms. The molecule has 0 fully saturated rings. The number of carbonyl (C=O) groups is 8. The van der Waals surface area contributed by atoms with E-state index in [1.54, 1.807) is 70.2 Å². The summed E-state index contributed by atoms with van der Waals surface area (Å²) in [7, 11) is 0. The number of primary amides is 2. The van der Waals surface area contributed by atoms with Crippen LogP contribution < -0.4 is 49.1 Å². The number of phenols is 1. The molecule has 300 valence electrons. The van der Waals surface area contributed by atoms with E-state index in [1.807, 2.05) is 0 Å². The zero-order chi connectivity index (χ0) is 41.4. The van der Waals surface area contributed by atoms with Crippen LogP contribution in [0.25, 0.3) is 0 Å². The lowest BCUT2D eigenvalue weighted by Gasteiger charge is -2.29. The summed E-state index contributed by atoms with van der Waals surface area (Å²) < 4.78 is 0. The summed E-state index contributed by atoms with van der Waals surface area (Å²) in [6.45, 7) is 7.49. The van der Waals surface area contributed by atoms with Crippen molar-refractivity contribution in [2.45, 2.75) is 90.1 Å². The van der Waals surface area contributed by atoms with Crippen molar-refractivity contribution in [2.75, 3.05) is 6.54 Å². The van der Waals surface area contributed by atoms with Crippen molar-refractivity contribution in [3.05, 3.63) is 65.7 Å². The maximum absolute atomic E-state index is 13.8. The molecule has 2 aromatic rings. The fraction of sp³-hybridized carbons (Fsp3) is 0.459. The Balaban J connectivity index is 2.23. The van der Waals surface area contributed by atoms with E-state index < -0.39 is 108 Å². The van der Waals surface area contributed by atoms with Crippen LogP contribution in [0.1, 0.15) is 52.2 Å². The van der Waals surface area contributed by atoms with Gasteiger partial charge in [-0.1, -0.05) is 70.2 Å². The second-order valence-electron chi connectivity index (χ2n) is 13.8. The Morgan fingerprint density at radius 1 is 0.564 bits per heavy atom. The maximum Gasteiger partial charge on any atom is 0.243 e. The fourth-order valence-electron chi connectivity index (χ4n) is 5.25. The second kappa shape index (κ2) is 21.6. The Kier molecular flexibility index (Phi) is 17.7. The minimum atomic E-state index is -1.59. The summed E-state index contributed by atoms with van der Waals surface area (Å²) in [5.41, 5.74) is 17.9. The number of hydrogen-bond donors (Lipinski definition) is 10. The number of nitrogens with one attached hydrogen (secondary N) is 6. The van der Waals surface area contributed by atoms with Gasteiger partial charge in [-0.05, 0) is 48.4 Å². The molecule has 0 bridgehead atoms. The molecule has 8 amide bonds. The van der Waals surface area contributed by atoms with Crippen molar-refractivity contribution in [3.63, 3.8) is 0 Å². The summed E-state index contributed by atoms with van der Waals surface area (Å²) >= 11 is 0. The molecule has 0 aliphatic heterocycles. The lowest BCUT2D eigenvalue weighted by Crippen LogP contribution is -2.61. The lowest BCUT2D eigenvalue weighted by atomic mass is 9.99. The van der Waals surface area contributed by atoms with Gasteiger partial charge in [-0.3, -0.25) is 38.4 Å². The van der Waals surface area contributed by atoms with Crippen LogP contribution in [0.15, 0.2) is 54.6 Å². The van der Waals surface area contributed by atoms with E-state index >= 15 is 0 Å². The molecule has 0 aromatic heterocycles. The average molecular weight is 768 g/mol. The first-order valence-electron chi connectivity index (χ1n) is 17.7. The number of phenolic OH excluding ortho intramolecular Hbond substituents is 1. The topological polar surface area (TPSA) is 307 Å². The molecule has 6 atom stereocenters. The smallest absolute Gasteiger partial charge is 0.243 e. The van der Waals surface area contributed by atoms with E-state index in [0.717, 1.165) is 0 Å². The Hall–Kier alpha value is -6.04. The molecule has 2 aromatic carbocycles. The Morgan fingerprint density at radius 3 is 1.62 bits per heavy atom. The number of rotatable bonds is 21. The van der Waals surface area contributed by atoms with Crippen LogP contribution in [-0.2, 0) is 51.2 Å². The molecule has 0 saturated heterocycles. The normalized spacial score (nSPS) is 14.3. The molecule has 0 radical (unpaired) electrons. The SMILES string of the molecule is CC(C)[C@H](NC(=O)[C@H](CC(N)=O)NC(=O)[C@H](Cc1ccccc1)NC(=O)[C@@H](C)NC(=O)[C@@H](N)Cc1ccc(O)cc1)C(=O)N[C@H](C(=O)NCC(N)=O)C(C)C. The number of carbonyl (C=O) groups excluding carboxylic acids is 8. The second-order valence-corrected chi connectivity index (χ2v) is 13.8. The maximum atomic E-state index is 13.8. The molecular weight excluding hydrogens is 714 g/mol. The van der Waals surface area contributed by atoms with Gasteiger partial charge in [-0.25, -0.2) is 0 Å². The third-order valence-electron chi connectivity index (χ3n) is 8.37. The number of hydrogen-bond acceptors (Lipinski definition) is 10. The van der Waals surface area contributed by atoms with Crippen LogP contribution in [0.5, 0.6) is 5.75 Å². The van der Waals surface area contributed by atoms with Crippen molar-refractivity contribution < 1.29 is 43.5 Å². The quantitative estimate of drug-likeness (QED) is 0.0650. The van der Waals surface area contributed by atoms with Gasteiger partial charge in [0.1, 0.15) is 36.0 Å². The largest absolute Gasteiger partial charge is 0.508 e. The van der Waals surface area contributed by atoms with Gasteiger partial charge in [0.05, 0.1) is 19.0 Å². The van der Waals surface area contributed by atoms with E-state index in [2.05, 4.69) is 31.9 Å². The summed E-state index contributed by atoms with van der Waals surface area (Å²) in [4.78, 5) is 103. The standard InChI is InChI=1S/C37H53N9O9/c1-19(2)30(36(54)41-18-29(40)49)46-37(55)31(20(3)4)45-35(53)27(17-28(39)48)44-34(52)26(16-22-9-7-6-8-10-22)43-32(50)21(5)42-33(51)25(38)15-23-11-13-24(47)14-12-23/h6-14,19-21,25-27,30-31,47H,15-18,38H2,1-5H3,(H2,39,48)(H2,40,49)(H,41,54)(H,42,51)(H,43,50)(H,44,52)(H,45,53)(H,46,55)/t21-,25+,26+,27+,30+,31+/m1/s1. The van der Waals surface area contributed by atoms with Gasteiger partial charge in [0.15, 0.2) is 0 Å². The predicted molar refractivity (Wildman–Crippen MR) is 201 cm³/mol. The van der Waals surface area contributed by atoms with Gasteiger partial charge in [0, 0.05) is 6.42 Å². The van der Waals surface area contributed by atoms with Crippen LogP contribution in [0.4, 0.5) is 0 Å². The molecule has 18 heteroatoms. The molecule has 0 unspecified atom stereocenters. The number of benzene rings is 2. The molecule has 18 nitrogen and oxygen atoms in total. The van der Waals surface area contributed by atoms with E-state index in [1.165, 1.54) is 19.1 Å². The third kappa shape index (κ3) is 15.5. The van der Waals surface area contributed by atoms with Gasteiger partial charge < -0.3 is 54.2 Å². The van der Waals surface area contributed by atoms with Crippen LogP contribution in [0, 0.1) is 11.8 Å². The lowest BCUT2D eigenvalue weighted by molar-refractivity contribution is -0.136. The number of aromatic hydroxyl groups is 1. The molecule has 0 saturated carbocycles. The van der Waals surface area contributed by atoms with Crippen molar-refractivity contribution in [1.29, 1.82) is 0 Å². The van der Waals surface area contributed by atoms with E-state index in [0.29, 0.717) is 11.1 Å². The first kappa shape index (κ1) is 45.1. The molecule has 13 N–H and O–H groups in total. The monoisotopic (exact) mass is 767 g/mol. The van der Waals surface area contributed by atoms with Gasteiger partial charge >= 0.3 is 0 Å². The average Bonchev–Trinajstić information content (AvgIpc) is 3.11. The van der Waals surface area contributed by atoms with Gasteiger partial charge in [-0.2, -0.15) is 0 Å². The van der Waals surface area contributed by atoms with Crippen LogP contribution in [-0.4, -0.2) is 95.2 Å². The number of amides is 8. The summed E-state index contributed by atoms with van der Waals surface area (Å²) in [5.74, 6) is -7.34. The first-order valence-corrected chi connectivity index (χ1v) is 17.7. The Bertz CT molecular complexity index is 1670. The van der Waals surface area contributed by atoms with Gasteiger partial charge in [0.25, 0.3) is 0 Å². The third-order valence-corrected chi connectivity index (χ3v) is 8.37. The summed E-state index contributed by atoms with van der Waals surface area (Å²) in [6.07, 6.45) is -0.617. The highest BCUT2D eigenvalue weighted by Crippen LogP contribution is 2.12. The minimum Gasteiger partial charge on any atom is -0.508 e. The zero-order valence-corrected chi connectivity index (χ0v) is 31.6. The molecule has 0 aliphatic rings. The van der Waals surface area contributed by atoms with Crippen LogP contribution in [0.3, 0.4) is 0 Å². The minimum absolute atomic E-state index is 0.0490. The summed E-state index contributed by atoms with van der Waals surface area (Å²) in [6, 6.07) is 7.24. The molecule has 0 spiro atoms. The fourth-order valence-corrected chi connectivity index (χ4v) is 5.25. The molecule has 2 rings (SSSR count). The first-order chi connectivity index (χ1) is 25.8. The highest BCUT2D eigenvalue weighted by molar-refractivity contribution is 5.98.